The molecule has 0 unspecified atom stereocenters. The molecule has 3 nitrogen and oxygen atoms in total. The van der Waals surface area contributed by atoms with E-state index in [2.05, 4.69) is 37.9 Å². The van der Waals surface area contributed by atoms with Crippen molar-refractivity contribution in [1.29, 1.82) is 0 Å². The maximum absolute atomic E-state index is 9.02. The molecule has 0 aromatic heterocycles. The Balaban J connectivity index is 3.91. The van der Waals surface area contributed by atoms with Gasteiger partial charge < -0.3 is 10.4 Å². The highest BCUT2D eigenvalue weighted by Gasteiger charge is 2.13. The molecule has 2 N–H and O–H groups in total. The van der Waals surface area contributed by atoms with Crippen LogP contribution >= 0.6 is 0 Å². The summed E-state index contributed by atoms with van der Waals surface area (Å²) in [4.78, 5) is 2.38. The zero-order valence-corrected chi connectivity index (χ0v) is 10.8. The van der Waals surface area contributed by atoms with E-state index in [0.29, 0.717) is 12.1 Å². The Morgan fingerprint density at radius 3 is 2.13 bits per heavy atom. The van der Waals surface area contributed by atoms with E-state index >= 15 is 0 Å². The zero-order valence-electron chi connectivity index (χ0n) is 10.8. The second kappa shape index (κ2) is 9.13. The molecule has 15 heavy (non-hydrogen) atoms. The molecule has 92 valence electrons. The maximum atomic E-state index is 9.02. The summed E-state index contributed by atoms with van der Waals surface area (Å²) in [5.74, 6) is 0. The van der Waals surface area contributed by atoms with Crippen LogP contribution in [0.2, 0.25) is 0 Å². The standard InChI is InChI=1S/C12H28N2O/c1-5-12(6-2)14(9-10-15)8-7-13-11(3)4/h11-13,15H,5-10H2,1-4H3. The quantitative estimate of drug-likeness (QED) is 0.612. The largest absolute Gasteiger partial charge is 0.395 e. The zero-order chi connectivity index (χ0) is 11.7. The lowest BCUT2D eigenvalue weighted by Gasteiger charge is -2.30. The molecule has 0 bridgehead atoms. The molecule has 0 aliphatic carbocycles. The molecule has 0 radical (unpaired) electrons. The molecule has 0 atom stereocenters. The highest BCUT2D eigenvalue weighted by Crippen LogP contribution is 2.07. The van der Waals surface area contributed by atoms with Gasteiger partial charge in [0.25, 0.3) is 0 Å². The molecular formula is C12H28N2O. The molecule has 0 fully saturated rings. The van der Waals surface area contributed by atoms with Crippen molar-refractivity contribution in [2.75, 3.05) is 26.2 Å². The molecular weight excluding hydrogens is 188 g/mol. The van der Waals surface area contributed by atoms with Crippen LogP contribution in [0.4, 0.5) is 0 Å². The third kappa shape index (κ3) is 6.88. The van der Waals surface area contributed by atoms with Gasteiger partial charge in [0.15, 0.2) is 0 Å². The van der Waals surface area contributed by atoms with Crippen LogP contribution in [0.5, 0.6) is 0 Å². The molecule has 0 spiro atoms. The number of hydrogen-bond acceptors (Lipinski definition) is 3. The number of nitrogens with zero attached hydrogens (tertiary/aromatic N) is 1. The SMILES string of the molecule is CCC(CC)N(CCO)CCNC(C)C. The van der Waals surface area contributed by atoms with Crippen LogP contribution in [0.15, 0.2) is 0 Å². The Hall–Kier alpha value is -0.120. The van der Waals surface area contributed by atoms with Crippen LogP contribution in [0.25, 0.3) is 0 Å². The Morgan fingerprint density at radius 2 is 1.73 bits per heavy atom. The first-order chi connectivity index (χ1) is 7.15. The van der Waals surface area contributed by atoms with Gasteiger partial charge in [-0.3, -0.25) is 4.90 Å². The number of aliphatic hydroxyl groups is 1. The monoisotopic (exact) mass is 216 g/mol. The molecule has 0 heterocycles. The third-order valence-electron chi connectivity index (χ3n) is 2.80. The average Bonchev–Trinajstić information content (AvgIpc) is 2.19. The molecule has 0 amide bonds. The smallest absolute Gasteiger partial charge is 0.0558 e. The van der Waals surface area contributed by atoms with Crippen molar-refractivity contribution in [3.8, 4) is 0 Å². The fourth-order valence-corrected chi connectivity index (χ4v) is 1.91. The fourth-order valence-electron chi connectivity index (χ4n) is 1.91. The Bertz CT molecular complexity index is 136. The first-order valence-electron chi connectivity index (χ1n) is 6.23. The Morgan fingerprint density at radius 1 is 1.13 bits per heavy atom. The van der Waals surface area contributed by atoms with Gasteiger partial charge in [-0.2, -0.15) is 0 Å². The van der Waals surface area contributed by atoms with Crippen LogP contribution in [0.1, 0.15) is 40.5 Å². The first-order valence-corrected chi connectivity index (χ1v) is 6.23. The number of nitrogens with one attached hydrogen (secondary N) is 1. The van der Waals surface area contributed by atoms with Gasteiger partial charge >= 0.3 is 0 Å². The average molecular weight is 216 g/mol. The van der Waals surface area contributed by atoms with Crippen molar-refractivity contribution in [1.82, 2.24) is 10.2 Å². The van der Waals surface area contributed by atoms with Gasteiger partial charge in [-0.15, -0.1) is 0 Å². The van der Waals surface area contributed by atoms with Gasteiger partial charge in [-0.1, -0.05) is 27.7 Å². The van der Waals surface area contributed by atoms with Crippen molar-refractivity contribution in [2.24, 2.45) is 0 Å². The van der Waals surface area contributed by atoms with Gasteiger partial charge in [-0.05, 0) is 12.8 Å². The Labute approximate surface area is 94.9 Å². The van der Waals surface area contributed by atoms with E-state index in [9.17, 15) is 0 Å². The van der Waals surface area contributed by atoms with Crippen LogP contribution in [-0.4, -0.2) is 48.3 Å². The van der Waals surface area contributed by atoms with Gasteiger partial charge in [0.2, 0.25) is 0 Å². The summed E-state index contributed by atoms with van der Waals surface area (Å²) in [5.41, 5.74) is 0. The summed E-state index contributed by atoms with van der Waals surface area (Å²) in [5, 5.41) is 12.4. The predicted molar refractivity (Wildman–Crippen MR) is 66.2 cm³/mol. The second-order valence-corrected chi connectivity index (χ2v) is 4.34. The first kappa shape index (κ1) is 14.9. The van der Waals surface area contributed by atoms with E-state index in [1.807, 2.05) is 0 Å². The summed E-state index contributed by atoms with van der Waals surface area (Å²) < 4.78 is 0. The topological polar surface area (TPSA) is 35.5 Å². The molecule has 0 saturated carbocycles. The highest BCUT2D eigenvalue weighted by molar-refractivity contribution is 4.70. The van der Waals surface area contributed by atoms with E-state index in [1.165, 1.54) is 0 Å². The minimum absolute atomic E-state index is 0.262. The number of hydrogen-bond donors (Lipinski definition) is 2. The third-order valence-corrected chi connectivity index (χ3v) is 2.80. The normalized spacial score (nSPS) is 12.0. The minimum Gasteiger partial charge on any atom is -0.395 e. The molecule has 0 aromatic carbocycles. The molecule has 0 aromatic rings. The minimum atomic E-state index is 0.262. The lowest BCUT2D eigenvalue weighted by Crippen LogP contribution is -2.42. The highest BCUT2D eigenvalue weighted by atomic mass is 16.3. The second-order valence-electron chi connectivity index (χ2n) is 4.34. The van der Waals surface area contributed by atoms with E-state index in [0.717, 1.165) is 32.5 Å². The number of rotatable bonds is 9. The summed E-state index contributed by atoms with van der Waals surface area (Å²) >= 11 is 0. The summed E-state index contributed by atoms with van der Waals surface area (Å²) in [6.07, 6.45) is 2.33. The van der Waals surface area contributed by atoms with Crippen molar-refractivity contribution in [3.63, 3.8) is 0 Å². The number of aliphatic hydroxyl groups excluding tert-OH is 1. The summed E-state index contributed by atoms with van der Waals surface area (Å²) in [7, 11) is 0. The van der Waals surface area contributed by atoms with E-state index < -0.39 is 0 Å². The Kier molecular flexibility index (Phi) is 9.06. The van der Waals surface area contributed by atoms with Crippen LogP contribution in [-0.2, 0) is 0 Å². The maximum Gasteiger partial charge on any atom is 0.0558 e. The van der Waals surface area contributed by atoms with Crippen molar-refractivity contribution in [2.45, 2.75) is 52.6 Å². The van der Waals surface area contributed by atoms with Gasteiger partial charge in [0.05, 0.1) is 6.61 Å². The van der Waals surface area contributed by atoms with Crippen molar-refractivity contribution < 1.29 is 5.11 Å². The van der Waals surface area contributed by atoms with Crippen LogP contribution in [0.3, 0.4) is 0 Å². The molecule has 0 aliphatic heterocycles. The predicted octanol–water partition coefficient (Wildman–Crippen LogP) is 1.47. The molecule has 0 rings (SSSR count). The van der Waals surface area contributed by atoms with E-state index in [-0.39, 0.29) is 6.61 Å². The summed E-state index contributed by atoms with van der Waals surface area (Å²) in [6, 6.07) is 1.16. The van der Waals surface area contributed by atoms with Crippen molar-refractivity contribution in [3.05, 3.63) is 0 Å². The lowest BCUT2D eigenvalue weighted by molar-refractivity contribution is 0.143. The van der Waals surface area contributed by atoms with Crippen molar-refractivity contribution >= 4 is 0 Å². The fraction of sp³-hybridized carbons (Fsp3) is 1.00. The summed E-state index contributed by atoms with van der Waals surface area (Å²) in [6.45, 7) is 11.9. The van der Waals surface area contributed by atoms with Gasteiger partial charge in [-0.25, -0.2) is 0 Å². The molecule has 3 heteroatoms. The van der Waals surface area contributed by atoms with Crippen LogP contribution < -0.4 is 5.32 Å². The van der Waals surface area contributed by atoms with Gasteiger partial charge in [0.1, 0.15) is 0 Å². The molecule has 0 saturated heterocycles. The lowest BCUT2D eigenvalue weighted by atomic mass is 10.1. The van der Waals surface area contributed by atoms with E-state index in [1.54, 1.807) is 0 Å². The van der Waals surface area contributed by atoms with Crippen LogP contribution in [0, 0.1) is 0 Å². The van der Waals surface area contributed by atoms with E-state index in [4.69, 9.17) is 5.11 Å². The van der Waals surface area contributed by atoms with Gasteiger partial charge in [0, 0.05) is 31.7 Å². The molecule has 0 aliphatic rings.